The molecule has 0 fully saturated rings. The van der Waals surface area contributed by atoms with E-state index in [1.165, 1.54) is 0 Å². The lowest BCUT2D eigenvalue weighted by atomic mass is 10.1. The highest BCUT2D eigenvalue weighted by molar-refractivity contribution is 6.43. The van der Waals surface area contributed by atoms with Gasteiger partial charge in [0.05, 0.1) is 0 Å². The molecule has 2 amide bonds. The van der Waals surface area contributed by atoms with E-state index in [0.717, 1.165) is 22.3 Å². The monoisotopic (exact) mass is 296 g/mol. The highest BCUT2D eigenvalue weighted by Gasteiger charge is 2.16. The van der Waals surface area contributed by atoms with E-state index >= 15 is 0 Å². The second kappa shape index (κ2) is 6.43. The number of nitrogens with one attached hydrogen (secondary N) is 2. The summed E-state index contributed by atoms with van der Waals surface area (Å²) in [5.74, 6) is -1.34. The molecule has 0 saturated heterocycles. The number of hydrogen-bond donors (Lipinski definition) is 2. The smallest absolute Gasteiger partial charge is 0.314 e. The van der Waals surface area contributed by atoms with Crippen LogP contribution in [0.25, 0.3) is 0 Å². The third kappa shape index (κ3) is 3.73. The Balaban J connectivity index is 2.11. The van der Waals surface area contributed by atoms with Gasteiger partial charge in [0.2, 0.25) is 0 Å². The summed E-state index contributed by atoms with van der Waals surface area (Å²) in [6, 6.07) is 11.4. The molecule has 0 aliphatic rings. The number of carbonyl (C=O) groups is 2. The van der Waals surface area contributed by atoms with E-state index in [2.05, 4.69) is 10.6 Å². The molecular formula is C18H20N2O2. The fourth-order valence-electron chi connectivity index (χ4n) is 2.42. The minimum absolute atomic E-state index is 0.624. The predicted molar refractivity (Wildman–Crippen MR) is 89.1 cm³/mol. The minimum Gasteiger partial charge on any atom is -0.318 e. The van der Waals surface area contributed by atoms with Crippen LogP contribution in [0.2, 0.25) is 0 Å². The molecule has 2 N–H and O–H groups in total. The summed E-state index contributed by atoms with van der Waals surface area (Å²) in [6.45, 7) is 7.67. The molecular weight excluding hydrogens is 276 g/mol. The maximum Gasteiger partial charge on any atom is 0.314 e. The Hall–Kier alpha value is -2.62. The summed E-state index contributed by atoms with van der Waals surface area (Å²) in [5.41, 5.74) is 5.22. The average Bonchev–Trinajstić information content (AvgIpc) is 2.41. The standard InChI is InChI=1S/C18H20N2O2/c1-11-8-12(2)10-15(9-11)19-17(21)18(22)20-16-13(3)6-5-7-14(16)4/h5-10H,1-4H3,(H,19,21)(H,20,22). The number of benzene rings is 2. The van der Waals surface area contributed by atoms with Crippen molar-refractivity contribution in [3.8, 4) is 0 Å². The highest BCUT2D eigenvalue weighted by atomic mass is 16.2. The zero-order chi connectivity index (χ0) is 16.3. The molecule has 0 bridgehead atoms. The lowest BCUT2D eigenvalue weighted by molar-refractivity contribution is -0.133. The van der Waals surface area contributed by atoms with Gasteiger partial charge in [-0.1, -0.05) is 24.3 Å². The third-order valence-corrected chi connectivity index (χ3v) is 3.41. The first-order valence-electron chi connectivity index (χ1n) is 7.13. The number of aryl methyl sites for hydroxylation is 4. The molecule has 114 valence electrons. The molecule has 2 aromatic rings. The van der Waals surface area contributed by atoms with Gasteiger partial charge in [-0.15, -0.1) is 0 Å². The molecule has 0 aromatic heterocycles. The molecule has 0 aliphatic carbocycles. The summed E-state index contributed by atoms with van der Waals surface area (Å²) < 4.78 is 0. The predicted octanol–water partition coefficient (Wildman–Crippen LogP) is 3.50. The number of rotatable bonds is 2. The normalized spacial score (nSPS) is 10.2. The number of para-hydroxylation sites is 1. The summed E-state index contributed by atoms with van der Waals surface area (Å²) >= 11 is 0. The molecule has 22 heavy (non-hydrogen) atoms. The van der Waals surface area contributed by atoms with Crippen molar-refractivity contribution in [1.29, 1.82) is 0 Å². The van der Waals surface area contributed by atoms with Crippen LogP contribution in [0, 0.1) is 27.7 Å². The molecule has 2 rings (SSSR count). The largest absolute Gasteiger partial charge is 0.318 e. The van der Waals surface area contributed by atoms with Gasteiger partial charge in [0, 0.05) is 11.4 Å². The van der Waals surface area contributed by atoms with Gasteiger partial charge in [0.1, 0.15) is 0 Å². The van der Waals surface area contributed by atoms with Crippen molar-refractivity contribution in [3.63, 3.8) is 0 Å². The fourth-order valence-corrected chi connectivity index (χ4v) is 2.42. The minimum atomic E-state index is -0.673. The number of amides is 2. The van der Waals surface area contributed by atoms with Crippen molar-refractivity contribution in [2.45, 2.75) is 27.7 Å². The van der Waals surface area contributed by atoms with Gasteiger partial charge in [-0.05, 0) is 62.1 Å². The van der Waals surface area contributed by atoms with Gasteiger partial charge in [-0.2, -0.15) is 0 Å². The topological polar surface area (TPSA) is 58.2 Å². The van der Waals surface area contributed by atoms with Gasteiger partial charge < -0.3 is 10.6 Å². The quantitative estimate of drug-likeness (QED) is 0.833. The number of anilines is 2. The molecule has 4 nitrogen and oxygen atoms in total. The number of hydrogen-bond acceptors (Lipinski definition) is 2. The van der Waals surface area contributed by atoms with Crippen molar-refractivity contribution in [2.24, 2.45) is 0 Å². The molecule has 0 heterocycles. The zero-order valence-corrected chi connectivity index (χ0v) is 13.3. The van der Waals surface area contributed by atoms with Crippen LogP contribution in [0.1, 0.15) is 22.3 Å². The molecule has 0 unspecified atom stereocenters. The summed E-state index contributed by atoms with van der Waals surface area (Å²) in [7, 11) is 0. The van der Waals surface area contributed by atoms with Gasteiger partial charge in [-0.25, -0.2) is 0 Å². The fraction of sp³-hybridized carbons (Fsp3) is 0.222. The van der Waals surface area contributed by atoms with Crippen molar-refractivity contribution in [1.82, 2.24) is 0 Å². The van der Waals surface area contributed by atoms with Crippen molar-refractivity contribution in [2.75, 3.05) is 10.6 Å². The van der Waals surface area contributed by atoms with Crippen LogP contribution < -0.4 is 10.6 Å². The van der Waals surface area contributed by atoms with Crippen LogP contribution in [0.15, 0.2) is 36.4 Å². The summed E-state index contributed by atoms with van der Waals surface area (Å²) in [6.07, 6.45) is 0. The second-order valence-corrected chi connectivity index (χ2v) is 5.55. The first-order valence-corrected chi connectivity index (χ1v) is 7.13. The summed E-state index contributed by atoms with van der Waals surface area (Å²) in [4.78, 5) is 24.1. The van der Waals surface area contributed by atoms with Crippen LogP contribution in [-0.2, 0) is 9.59 Å². The van der Waals surface area contributed by atoms with Gasteiger partial charge in [-0.3, -0.25) is 9.59 Å². The molecule has 4 heteroatoms. The third-order valence-electron chi connectivity index (χ3n) is 3.41. The first-order chi connectivity index (χ1) is 10.4. The Morgan fingerprint density at radius 3 is 1.82 bits per heavy atom. The Morgan fingerprint density at radius 1 is 0.773 bits per heavy atom. The number of carbonyl (C=O) groups excluding carboxylic acids is 2. The average molecular weight is 296 g/mol. The lowest BCUT2D eigenvalue weighted by Gasteiger charge is -2.12. The van der Waals surface area contributed by atoms with E-state index in [1.54, 1.807) is 0 Å². The Kier molecular flexibility index (Phi) is 4.61. The Morgan fingerprint density at radius 2 is 1.27 bits per heavy atom. The van der Waals surface area contributed by atoms with Gasteiger partial charge in [0.15, 0.2) is 0 Å². The highest BCUT2D eigenvalue weighted by Crippen LogP contribution is 2.19. The summed E-state index contributed by atoms with van der Waals surface area (Å²) in [5, 5.41) is 5.31. The van der Waals surface area contributed by atoms with E-state index < -0.39 is 11.8 Å². The second-order valence-electron chi connectivity index (χ2n) is 5.55. The van der Waals surface area contributed by atoms with E-state index in [0.29, 0.717) is 11.4 Å². The van der Waals surface area contributed by atoms with E-state index in [9.17, 15) is 9.59 Å². The van der Waals surface area contributed by atoms with Crippen LogP contribution in [0.5, 0.6) is 0 Å². The lowest BCUT2D eigenvalue weighted by Crippen LogP contribution is -2.29. The maximum absolute atomic E-state index is 12.1. The van der Waals surface area contributed by atoms with Crippen LogP contribution in [0.3, 0.4) is 0 Å². The van der Waals surface area contributed by atoms with E-state index in [1.807, 2.05) is 64.1 Å². The first kappa shape index (κ1) is 15.8. The molecule has 0 aliphatic heterocycles. The molecule has 0 saturated carbocycles. The van der Waals surface area contributed by atoms with Crippen LogP contribution >= 0.6 is 0 Å². The van der Waals surface area contributed by atoms with E-state index in [-0.39, 0.29) is 0 Å². The van der Waals surface area contributed by atoms with Crippen molar-refractivity contribution in [3.05, 3.63) is 58.7 Å². The molecule has 0 radical (unpaired) electrons. The van der Waals surface area contributed by atoms with Crippen molar-refractivity contribution >= 4 is 23.2 Å². The Labute approximate surface area is 130 Å². The van der Waals surface area contributed by atoms with Crippen LogP contribution in [-0.4, -0.2) is 11.8 Å². The maximum atomic E-state index is 12.1. The Bertz CT molecular complexity index is 695. The van der Waals surface area contributed by atoms with E-state index in [4.69, 9.17) is 0 Å². The molecule has 0 atom stereocenters. The zero-order valence-electron chi connectivity index (χ0n) is 13.3. The SMILES string of the molecule is Cc1cc(C)cc(NC(=O)C(=O)Nc2c(C)cccc2C)c1. The van der Waals surface area contributed by atoms with Gasteiger partial charge >= 0.3 is 11.8 Å². The van der Waals surface area contributed by atoms with Crippen molar-refractivity contribution < 1.29 is 9.59 Å². The van der Waals surface area contributed by atoms with Crippen LogP contribution in [0.4, 0.5) is 11.4 Å². The molecule has 0 spiro atoms. The molecule has 2 aromatic carbocycles. The van der Waals surface area contributed by atoms with Gasteiger partial charge in [0.25, 0.3) is 0 Å².